The lowest BCUT2D eigenvalue weighted by Crippen LogP contribution is -2.46. The molecule has 160 valence electrons. The van der Waals surface area contributed by atoms with E-state index in [-0.39, 0.29) is 17.1 Å². The summed E-state index contributed by atoms with van der Waals surface area (Å²) < 4.78 is 9.79. The second-order valence-electron chi connectivity index (χ2n) is 7.07. The molecule has 0 radical (unpaired) electrons. The molecule has 4 rings (SSSR count). The number of para-hydroxylation sites is 1. The van der Waals surface area contributed by atoms with E-state index in [0.29, 0.717) is 11.3 Å². The van der Waals surface area contributed by atoms with Crippen LogP contribution in [0.4, 0.5) is 5.69 Å². The maximum atomic E-state index is 13.4. The normalized spacial score (nSPS) is 15.6. The van der Waals surface area contributed by atoms with E-state index in [1.807, 2.05) is 36.4 Å². The Morgan fingerprint density at radius 3 is 2.22 bits per heavy atom. The molecule has 0 fully saturated rings. The van der Waals surface area contributed by atoms with Gasteiger partial charge in [0.15, 0.2) is 6.04 Å². The Labute approximate surface area is 184 Å². The molecule has 1 aliphatic heterocycles. The lowest BCUT2D eigenvalue weighted by atomic mass is 9.97. The van der Waals surface area contributed by atoms with Gasteiger partial charge in [0.1, 0.15) is 5.71 Å². The molecule has 7 heteroatoms. The van der Waals surface area contributed by atoms with Crippen molar-refractivity contribution >= 4 is 39.9 Å². The number of rotatable bonds is 5. The Balaban J connectivity index is 1.84. The number of hydrogen-bond acceptors (Lipinski definition) is 7. The van der Waals surface area contributed by atoms with E-state index in [2.05, 4.69) is 5.10 Å². The van der Waals surface area contributed by atoms with Crippen molar-refractivity contribution < 1.29 is 23.9 Å². The predicted molar refractivity (Wildman–Crippen MR) is 121 cm³/mol. The van der Waals surface area contributed by atoms with Crippen LogP contribution in [-0.2, 0) is 19.1 Å². The highest BCUT2D eigenvalue weighted by Gasteiger charge is 2.39. The molecule has 0 saturated carbocycles. The van der Waals surface area contributed by atoms with E-state index < -0.39 is 18.0 Å². The molecule has 3 aromatic carbocycles. The van der Waals surface area contributed by atoms with Gasteiger partial charge in [0.05, 0.1) is 25.5 Å². The van der Waals surface area contributed by atoms with Crippen LogP contribution in [0.3, 0.4) is 0 Å². The highest BCUT2D eigenvalue weighted by atomic mass is 16.5. The number of anilines is 1. The van der Waals surface area contributed by atoms with Gasteiger partial charge in [-0.15, -0.1) is 0 Å². The van der Waals surface area contributed by atoms with Crippen LogP contribution in [0, 0.1) is 0 Å². The molecule has 0 spiro atoms. The van der Waals surface area contributed by atoms with Gasteiger partial charge in [0.25, 0.3) is 0 Å². The zero-order valence-electron chi connectivity index (χ0n) is 17.5. The predicted octanol–water partition coefficient (Wildman–Crippen LogP) is 3.54. The highest BCUT2D eigenvalue weighted by Crippen LogP contribution is 2.27. The second-order valence-corrected chi connectivity index (χ2v) is 7.07. The quantitative estimate of drug-likeness (QED) is 0.457. The summed E-state index contributed by atoms with van der Waals surface area (Å²) in [6.07, 6.45) is 1.30. The topological polar surface area (TPSA) is 85.3 Å². The lowest BCUT2D eigenvalue weighted by molar-refractivity contribution is -0.144. The molecule has 7 nitrogen and oxygen atoms in total. The average molecular weight is 428 g/mol. The number of esters is 2. The summed E-state index contributed by atoms with van der Waals surface area (Å²) in [4.78, 5) is 38.5. The van der Waals surface area contributed by atoms with Crippen LogP contribution in [0.1, 0.15) is 10.4 Å². The molecular formula is C25H20N2O5. The molecule has 0 bridgehead atoms. The number of fused-ring (bicyclic) bond motifs is 1. The summed E-state index contributed by atoms with van der Waals surface area (Å²) in [5.41, 5.74) is 0.890. The molecule has 1 atom stereocenters. The summed E-state index contributed by atoms with van der Waals surface area (Å²) >= 11 is 0. The number of hydrazone groups is 1. The van der Waals surface area contributed by atoms with Crippen LogP contribution in [0.2, 0.25) is 0 Å². The summed E-state index contributed by atoms with van der Waals surface area (Å²) in [5.74, 6) is -1.84. The van der Waals surface area contributed by atoms with Crippen LogP contribution in [0.25, 0.3) is 10.8 Å². The van der Waals surface area contributed by atoms with Crippen LogP contribution in [0.15, 0.2) is 89.5 Å². The Bertz CT molecular complexity index is 1260. The molecule has 1 unspecified atom stereocenters. The van der Waals surface area contributed by atoms with Gasteiger partial charge in [-0.1, -0.05) is 54.6 Å². The molecule has 1 aliphatic rings. The number of Topliss-reactive ketones (excluding diaryl/α,β-unsaturated/α-hetero) is 1. The van der Waals surface area contributed by atoms with Crippen LogP contribution >= 0.6 is 0 Å². The molecule has 1 heterocycles. The van der Waals surface area contributed by atoms with E-state index in [1.165, 1.54) is 25.3 Å². The summed E-state index contributed by atoms with van der Waals surface area (Å²) in [6.45, 7) is 0. The van der Waals surface area contributed by atoms with E-state index in [1.54, 1.807) is 36.4 Å². The van der Waals surface area contributed by atoms with Gasteiger partial charge in [-0.05, 0) is 35.0 Å². The zero-order chi connectivity index (χ0) is 22.7. The minimum Gasteiger partial charge on any atom is -0.467 e. The number of benzene rings is 3. The van der Waals surface area contributed by atoms with Crippen molar-refractivity contribution in [3.05, 3.63) is 90.0 Å². The summed E-state index contributed by atoms with van der Waals surface area (Å²) in [6, 6.07) is 20.6. The van der Waals surface area contributed by atoms with Gasteiger partial charge in [-0.25, -0.2) is 14.6 Å². The molecule has 0 amide bonds. The van der Waals surface area contributed by atoms with E-state index in [9.17, 15) is 14.4 Å². The van der Waals surface area contributed by atoms with E-state index in [0.717, 1.165) is 10.8 Å². The Hall–Kier alpha value is -4.26. The smallest absolute Gasteiger partial charge is 0.336 e. The number of carbonyl (C=O) groups is 3. The Kier molecular flexibility index (Phi) is 5.81. The van der Waals surface area contributed by atoms with Crippen LogP contribution in [-0.4, -0.2) is 43.7 Å². The fourth-order valence-corrected chi connectivity index (χ4v) is 3.56. The summed E-state index contributed by atoms with van der Waals surface area (Å²) in [5, 5.41) is 7.65. The van der Waals surface area contributed by atoms with Gasteiger partial charge in [-0.2, -0.15) is 5.10 Å². The van der Waals surface area contributed by atoms with E-state index >= 15 is 0 Å². The molecule has 0 N–H and O–H groups in total. The number of ketones is 1. The maximum Gasteiger partial charge on any atom is 0.336 e. The van der Waals surface area contributed by atoms with Crippen molar-refractivity contribution in [1.82, 2.24) is 0 Å². The van der Waals surface area contributed by atoms with Crippen molar-refractivity contribution in [2.45, 2.75) is 6.04 Å². The fraction of sp³-hybridized carbons (Fsp3) is 0.120. The zero-order valence-corrected chi connectivity index (χ0v) is 17.5. The highest BCUT2D eigenvalue weighted by molar-refractivity contribution is 6.51. The molecular weight excluding hydrogens is 408 g/mol. The molecule has 0 aromatic heterocycles. The van der Waals surface area contributed by atoms with Crippen LogP contribution < -0.4 is 5.01 Å². The van der Waals surface area contributed by atoms with Crippen molar-refractivity contribution in [1.29, 1.82) is 0 Å². The number of hydrogen-bond donors (Lipinski definition) is 0. The van der Waals surface area contributed by atoms with Gasteiger partial charge < -0.3 is 9.47 Å². The molecule has 3 aromatic rings. The van der Waals surface area contributed by atoms with Crippen molar-refractivity contribution in [2.24, 2.45) is 5.10 Å². The number of ether oxygens (including phenoxy) is 2. The van der Waals surface area contributed by atoms with Gasteiger partial charge in [0.2, 0.25) is 5.78 Å². The van der Waals surface area contributed by atoms with Crippen molar-refractivity contribution in [3.63, 3.8) is 0 Å². The fourth-order valence-electron chi connectivity index (χ4n) is 3.56. The number of allylic oxidation sites excluding steroid dienone is 1. The molecule has 0 saturated heterocycles. The first-order chi connectivity index (χ1) is 15.5. The Morgan fingerprint density at radius 2 is 1.53 bits per heavy atom. The monoisotopic (exact) mass is 428 g/mol. The van der Waals surface area contributed by atoms with Gasteiger partial charge >= 0.3 is 11.9 Å². The SMILES string of the molecule is COC(=O)C1=CC(C(=O)c2ccc3ccccc3c2)=NN(c2ccccc2)C1C(=O)OC. The third kappa shape index (κ3) is 3.88. The average Bonchev–Trinajstić information content (AvgIpc) is 2.86. The minimum atomic E-state index is -1.19. The van der Waals surface area contributed by atoms with Gasteiger partial charge in [-0.3, -0.25) is 4.79 Å². The number of nitrogens with zero attached hydrogens (tertiary/aromatic N) is 2. The third-order valence-electron chi connectivity index (χ3n) is 5.16. The van der Waals surface area contributed by atoms with Crippen LogP contribution in [0.5, 0.6) is 0 Å². The summed E-state index contributed by atoms with van der Waals surface area (Å²) in [7, 11) is 2.43. The molecule has 32 heavy (non-hydrogen) atoms. The van der Waals surface area contributed by atoms with Gasteiger partial charge in [0, 0.05) is 5.56 Å². The van der Waals surface area contributed by atoms with E-state index in [4.69, 9.17) is 9.47 Å². The maximum absolute atomic E-state index is 13.4. The Morgan fingerprint density at radius 1 is 0.844 bits per heavy atom. The lowest BCUT2D eigenvalue weighted by Gasteiger charge is -2.31. The van der Waals surface area contributed by atoms with Crippen molar-refractivity contribution in [3.8, 4) is 0 Å². The standard InChI is InChI=1S/C25H20N2O5/c1-31-24(29)20-15-21(23(28)18-13-12-16-8-6-7-9-17(16)14-18)26-27(22(20)25(30)32-2)19-10-4-3-5-11-19/h3-15,22H,1-2H3. The molecule has 0 aliphatic carbocycles. The minimum absolute atomic E-state index is 0.00434. The number of methoxy groups -OCH3 is 2. The number of carbonyl (C=O) groups excluding carboxylic acids is 3. The van der Waals surface area contributed by atoms with Crippen molar-refractivity contribution in [2.75, 3.05) is 19.2 Å². The first kappa shape index (κ1) is 21.0. The first-order valence-electron chi connectivity index (χ1n) is 9.87. The first-order valence-corrected chi connectivity index (χ1v) is 9.87. The second kappa shape index (κ2) is 8.85. The third-order valence-corrected chi connectivity index (χ3v) is 5.16. The largest absolute Gasteiger partial charge is 0.467 e.